The van der Waals surface area contributed by atoms with Gasteiger partial charge < -0.3 is 9.47 Å². The van der Waals surface area contributed by atoms with Gasteiger partial charge in [0, 0.05) is 12.5 Å². The summed E-state index contributed by atoms with van der Waals surface area (Å²) < 4.78 is 10.0. The highest BCUT2D eigenvalue weighted by Gasteiger charge is 2.46. The van der Waals surface area contributed by atoms with E-state index >= 15 is 0 Å². The van der Waals surface area contributed by atoms with Crippen molar-refractivity contribution in [1.29, 1.82) is 0 Å². The van der Waals surface area contributed by atoms with Crippen LogP contribution in [0.4, 0.5) is 0 Å². The number of ketones is 1. The van der Waals surface area contributed by atoms with Crippen molar-refractivity contribution >= 4 is 17.7 Å². The minimum absolute atomic E-state index is 0.204. The third-order valence-electron chi connectivity index (χ3n) is 3.94. The fraction of sp³-hybridized carbons (Fsp3) is 0.278. The van der Waals surface area contributed by atoms with Crippen LogP contribution in [0.5, 0.6) is 5.75 Å². The van der Waals surface area contributed by atoms with Gasteiger partial charge in [-0.05, 0) is 25.5 Å². The number of carbonyl (C=O) groups is 3. The number of carbonyl (C=O) groups excluding carboxylic acids is 3. The standard InChI is InChI=1S/C18H18O5/c1-11-9-10-14(17(21)22-4)18(3,16(11)20)13-7-5-6-8-15(13)23-12(2)19/h5-10H,1-4H3. The van der Waals surface area contributed by atoms with Crippen molar-refractivity contribution in [3.63, 3.8) is 0 Å². The first-order valence-corrected chi connectivity index (χ1v) is 7.12. The Morgan fingerprint density at radius 3 is 2.39 bits per heavy atom. The lowest BCUT2D eigenvalue weighted by molar-refractivity contribution is -0.138. The molecule has 0 fully saturated rings. The highest BCUT2D eigenvalue weighted by molar-refractivity contribution is 6.13. The van der Waals surface area contributed by atoms with E-state index in [-0.39, 0.29) is 17.1 Å². The molecule has 2 rings (SSSR count). The van der Waals surface area contributed by atoms with Crippen LogP contribution in [0.2, 0.25) is 0 Å². The van der Waals surface area contributed by atoms with E-state index in [2.05, 4.69) is 0 Å². The fourth-order valence-electron chi connectivity index (χ4n) is 2.74. The van der Waals surface area contributed by atoms with E-state index < -0.39 is 17.4 Å². The molecule has 23 heavy (non-hydrogen) atoms. The number of benzene rings is 1. The smallest absolute Gasteiger partial charge is 0.335 e. The number of ether oxygens (including phenoxy) is 2. The second kappa shape index (κ2) is 6.20. The van der Waals surface area contributed by atoms with E-state index in [0.29, 0.717) is 11.1 Å². The van der Waals surface area contributed by atoms with Crippen LogP contribution in [0.3, 0.4) is 0 Å². The molecular weight excluding hydrogens is 296 g/mol. The van der Waals surface area contributed by atoms with E-state index in [9.17, 15) is 14.4 Å². The number of rotatable bonds is 3. The summed E-state index contributed by atoms with van der Waals surface area (Å²) in [5.74, 6) is -1.08. The van der Waals surface area contributed by atoms with E-state index in [0.717, 1.165) is 0 Å². The van der Waals surface area contributed by atoms with Crippen molar-refractivity contribution in [2.75, 3.05) is 7.11 Å². The molecule has 0 amide bonds. The van der Waals surface area contributed by atoms with Crippen molar-refractivity contribution < 1.29 is 23.9 Å². The number of hydrogen-bond acceptors (Lipinski definition) is 5. The zero-order valence-corrected chi connectivity index (χ0v) is 13.5. The molecule has 0 N–H and O–H groups in total. The number of para-hydroxylation sites is 1. The first-order chi connectivity index (χ1) is 10.8. The second-order valence-corrected chi connectivity index (χ2v) is 5.47. The van der Waals surface area contributed by atoms with Gasteiger partial charge in [-0.25, -0.2) is 4.79 Å². The number of allylic oxidation sites excluding steroid dienone is 3. The van der Waals surface area contributed by atoms with Gasteiger partial charge in [0.25, 0.3) is 0 Å². The normalized spacial score (nSPS) is 20.4. The Labute approximate surface area is 134 Å². The summed E-state index contributed by atoms with van der Waals surface area (Å²) in [6.45, 7) is 4.60. The zero-order valence-electron chi connectivity index (χ0n) is 13.5. The van der Waals surface area contributed by atoms with Crippen molar-refractivity contribution in [3.05, 3.63) is 53.1 Å². The lowest BCUT2D eigenvalue weighted by atomic mass is 9.68. The number of methoxy groups -OCH3 is 1. The Balaban J connectivity index is 2.69. The van der Waals surface area contributed by atoms with Crippen molar-refractivity contribution in [3.8, 4) is 5.75 Å². The fourth-order valence-corrected chi connectivity index (χ4v) is 2.74. The van der Waals surface area contributed by atoms with Gasteiger partial charge in [-0.2, -0.15) is 0 Å². The van der Waals surface area contributed by atoms with Crippen LogP contribution in [0.25, 0.3) is 0 Å². The molecule has 1 atom stereocenters. The minimum Gasteiger partial charge on any atom is -0.466 e. The molecular formula is C18H18O5. The van der Waals surface area contributed by atoms with Gasteiger partial charge in [0.15, 0.2) is 5.78 Å². The average molecular weight is 314 g/mol. The van der Waals surface area contributed by atoms with Gasteiger partial charge in [-0.1, -0.05) is 30.4 Å². The van der Waals surface area contributed by atoms with E-state index in [1.54, 1.807) is 50.3 Å². The summed E-state index contributed by atoms with van der Waals surface area (Å²) in [5.41, 5.74) is -0.116. The van der Waals surface area contributed by atoms with Crippen LogP contribution in [0, 0.1) is 0 Å². The van der Waals surface area contributed by atoms with Crippen LogP contribution < -0.4 is 4.74 Å². The maximum atomic E-state index is 12.9. The van der Waals surface area contributed by atoms with E-state index in [1.165, 1.54) is 14.0 Å². The van der Waals surface area contributed by atoms with Crippen LogP contribution >= 0.6 is 0 Å². The Morgan fingerprint density at radius 1 is 1.13 bits per heavy atom. The van der Waals surface area contributed by atoms with Gasteiger partial charge in [0.05, 0.1) is 18.1 Å². The van der Waals surface area contributed by atoms with Gasteiger partial charge in [-0.15, -0.1) is 0 Å². The summed E-state index contributed by atoms with van der Waals surface area (Å²) in [4.78, 5) is 36.4. The van der Waals surface area contributed by atoms with Crippen molar-refractivity contribution in [2.24, 2.45) is 0 Å². The monoisotopic (exact) mass is 314 g/mol. The molecule has 0 spiro atoms. The van der Waals surface area contributed by atoms with Crippen LogP contribution in [-0.4, -0.2) is 24.8 Å². The van der Waals surface area contributed by atoms with Crippen LogP contribution in [-0.2, 0) is 24.5 Å². The lowest BCUT2D eigenvalue weighted by Gasteiger charge is -2.33. The quantitative estimate of drug-likeness (QED) is 0.633. The van der Waals surface area contributed by atoms with Crippen LogP contribution in [0.15, 0.2) is 47.6 Å². The molecule has 0 aromatic heterocycles. The summed E-state index contributed by atoms with van der Waals surface area (Å²) in [7, 11) is 1.26. The third-order valence-corrected chi connectivity index (χ3v) is 3.94. The van der Waals surface area contributed by atoms with Gasteiger partial charge in [0.2, 0.25) is 0 Å². The Kier molecular flexibility index (Phi) is 4.50. The molecule has 1 unspecified atom stereocenters. The highest BCUT2D eigenvalue weighted by Crippen LogP contribution is 2.42. The lowest BCUT2D eigenvalue weighted by Crippen LogP contribution is -2.40. The van der Waals surface area contributed by atoms with Crippen molar-refractivity contribution in [2.45, 2.75) is 26.2 Å². The maximum absolute atomic E-state index is 12.9. The summed E-state index contributed by atoms with van der Waals surface area (Å²) in [6.07, 6.45) is 3.16. The molecule has 0 saturated heterocycles. The van der Waals surface area contributed by atoms with Gasteiger partial charge in [-0.3, -0.25) is 9.59 Å². The molecule has 1 aliphatic rings. The molecule has 0 bridgehead atoms. The molecule has 0 saturated carbocycles. The summed E-state index contributed by atoms with van der Waals surface area (Å²) >= 11 is 0. The Morgan fingerprint density at radius 2 is 1.78 bits per heavy atom. The molecule has 1 aliphatic carbocycles. The molecule has 1 aromatic carbocycles. The maximum Gasteiger partial charge on any atom is 0.335 e. The highest BCUT2D eigenvalue weighted by atomic mass is 16.5. The summed E-state index contributed by atoms with van der Waals surface area (Å²) in [6, 6.07) is 6.69. The minimum atomic E-state index is -1.28. The number of hydrogen-bond donors (Lipinski definition) is 0. The molecule has 0 aliphatic heterocycles. The molecule has 5 nitrogen and oxygen atoms in total. The average Bonchev–Trinajstić information content (AvgIpc) is 2.52. The number of Topliss-reactive ketones (excluding diaryl/α,β-unsaturated/α-hetero) is 1. The van der Waals surface area contributed by atoms with Crippen molar-refractivity contribution in [1.82, 2.24) is 0 Å². The predicted molar refractivity (Wildman–Crippen MR) is 84.0 cm³/mol. The Bertz CT molecular complexity index is 742. The second-order valence-electron chi connectivity index (χ2n) is 5.47. The number of esters is 2. The van der Waals surface area contributed by atoms with E-state index in [1.807, 2.05) is 0 Å². The van der Waals surface area contributed by atoms with Gasteiger partial charge >= 0.3 is 11.9 Å². The SMILES string of the molecule is COC(=O)C1=CC=C(C)C(=O)C1(C)c1ccccc1OC(C)=O. The largest absolute Gasteiger partial charge is 0.466 e. The van der Waals surface area contributed by atoms with Gasteiger partial charge in [0.1, 0.15) is 5.75 Å². The molecule has 120 valence electrons. The van der Waals surface area contributed by atoms with Crippen LogP contribution in [0.1, 0.15) is 26.3 Å². The summed E-state index contributed by atoms with van der Waals surface area (Å²) in [5, 5.41) is 0. The molecule has 1 aromatic rings. The predicted octanol–water partition coefficient (Wildman–Crippen LogP) is 2.50. The first kappa shape index (κ1) is 16.7. The zero-order chi connectivity index (χ0) is 17.2. The Hall–Kier alpha value is -2.69. The molecule has 5 heteroatoms. The molecule has 0 heterocycles. The first-order valence-electron chi connectivity index (χ1n) is 7.12. The topological polar surface area (TPSA) is 69.7 Å². The van der Waals surface area contributed by atoms with E-state index in [4.69, 9.17) is 9.47 Å². The molecule has 0 radical (unpaired) electrons. The third kappa shape index (κ3) is 2.82.